The molecular weight excluding hydrogens is 424 g/mol. The summed E-state index contributed by atoms with van der Waals surface area (Å²) >= 11 is 0. The lowest BCUT2D eigenvalue weighted by molar-refractivity contribution is -0.255. The highest BCUT2D eigenvalue weighted by Crippen LogP contribution is 2.33. The van der Waals surface area contributed by atoms with Crippen molar-refractivity contribution in [2.75, 3.05) is 26.4 Å². The Morgan fingerprint density at radius 2 is 1.18 bits per heavy atom. The molecular formula is C30H32O4. The molecule has 4 rings (SSSR count). The second kappa shape index (κ2) is 11.9. The minimum absolute atomic E-state index is 0.368. The van der Waals surface area contributed by atoms with Crippen molar-refractivity contribution in [3.05, 3.63) is 120 Å². The van der Waals surface area contributed by atoms with Gasteiger partial charge in [0, 0.05) is 5.56 Å². The van der Waals surface area contributed by atoms with E-state index in [9.17, 15) is 0 Å². The first kappa shape index (κ1) is 24.1. The fraction of sp³-hybridized carbons (Fsp3) is 0.267. The van der Waals surface area contributed by atoms with Crippen LogP contribution < -0.4 is 0 Å². The Morgan fingerprint density at radius 3 is 1.62 bits per heavy atom. The summed E-state index contributed by atoms with van der Waals surface area (Å²) in [6.45, 7) is 10.6. The van der Waals surface area contributed by atoms with Gasteiger partial charge in [-0.25, -0.2) is 0 Å². The van der Waals surface area contributed by atoms with Gasteiger partial charge in [-0.05, 0) is 22.3 Å². The van der Waals surface area contributed by atoms with Gasteiger partial charge in [0.1, 0.15) is 0 Å². The molecule has 0 atom stereocenters. The van der Waals surface area contributed by atoms with E-state index >= 15 is 0 Å². The van der Waals surface area contributed by atoms with Crippen LogP contribution in [0.25, 0.3) is 12.2 Å². The van der Waals surface area contributed by atoms with E-state index in [1.54, 1.807) is 0 Å². The zero-order valence-corrected chi connectivity index (χ0v) is 19.5. The lowest BCUT2D eigenvalue weighted by Crippen LogP contribution is -2.45. The first-order chi connectivity index (χ1) is 16.7. The molecule has 0 aromatic heterocycles. The Kier molecular flexibility index (Phi) is 8.45. The normalized spacial score (nSPS) is 15.6. The van der Waals surface area contributed by atoms with Crippen LogP contribution in [-0.4, -0.2) is 26.4 Å². The molecule has 0 N–H and O–H groups in total. The van der Waals surface area contributed by atoms with Crippen molar-refractivity contribution in [3.8, 4) is 0 Å². The van der Waals surface area contributed by atoms with E-state index in [0.29, 0.717) is 39.6 Å². The molecule has 1 heterocycles. The van der Waals surface area contributed by atoms with Crippen molar-refractivity contribution >= 4 is 12.2 Å². The third kappa shape index (κ3) is 6.52. The molecule has 4 heteroatoms. The summed E-state index contributed by atoms with van der Waals surface area (Å²) in [5.74, 6) is 0. The number of benzene rings is 3. The fourth-order valence-corrected chi connectivity index (χ4v) is 3.88. The molecule has 1 saturated heterocycles. The average Bonchev–Trinajstić information content (AvgIpc) is 2.90. The SMILES string of the molecule is C=Cc1ccc(COCC2(COCc3ccc(C=C)cc3)COC(c3ccccc3)OC2)cc1. The Labute approximate surface area is 202 Å². The van der Waals surface area contributed by atoms with Crippen molar-refractivity contribution < 1.29 is 18.9 Å². The molecule has 0 spiro atoms. The molecule has 3 aromatic carbocycles. The van der Waals surface area contributed by atoms with Crippen LogP contribution in [0.2, 0.25) is 0 Å². The molecule has 34 heavy (non-hydrogen) atoms. The number of ether oxygens (including phenoxy) is 4. The van der Waals surface area contributed by atoms with Crippen molar-refractivity contribution in [1.29, 1.82) is 0 Å². The second-order valence-electron chi connectivity index (χ2n) is 8.74. The number of hydrogen-bond acceptors (Lipinski definition) is 4. The molecule has 1 fully saturated rings. The van der Waals surface area contributed by atoms with Gasteiger partial charge in [0.2, 0.25) is 0 Å². The molecule has 1 aliphatic heterocycles. The summed E-state index contributed by atoms with van der Waals surface area (Å²) in [7, 11) is 0. The fourth-order valence-electron chi connectivity index (χ4n) is 3.88. The standard InChI is InChI=1S/C30H32O4/c1-3-24-10-14-26(15-11-24)18-31-20-30(21-32-19-27-16-12-25(4-2)13-17-27)22-33-29(34-23-30)28-8-6-5-7-9-28/h3-17,29H,1-2,18-23H2. The molecule has 1 aliphatic rings. The van der Waals surface area contributed by atoms with Crippen LogP contribution in [0.3, 0.4) is 0 Å². The van der Waals surface area contributed by atoms with E-state index < -0.39 is 0 Å². The largest absolute Gasteiger partial charge is 0.376 e. The second-order valence-corrected chi connectivity index (χ2v) is 8.74. The highest BCUT2D eigenvalue weighted by molar-refractivity contribution is 5.47. The van der Waals surface area contributed by atoms with Crippen molar-refractivity contribution in [2.24, 2.45) is 5.41 Å². The van der Waals surface area contributed by atoms with Crippen LogP contribution in [0.1, 0.15) is 34.1 Å². The van der Waals surface area contributed by atoms with Crippen molar-refractivity contribution in [3.63, 3.8) is 0 Å². The van der Waals surface area contributed by atoms with Crippen LogP contribution in [0.4, 0.5) is 0 Å². The molecule has 0 radical (unpaired) electrons. The van der Waals surface area contributed by atoms with E-state index in [4.69, 9.17) is 18.9 Å². The summed E-state index contributed by atoms with van der Waals surface area (Å²) in [5, 5.41) is 0. The van der Waals surface area contributed by atoms with E-state index in [2.05, 4.69) is 37.4 Å². The topological polar surface area (TPSA) is 36.9 Å². The average molecular weight is 457 g/mol. The third-order valence-electron chi connectivity index (χ3n) is 5.94. The van der Waals surface area contributed by atoms with Crippen LogP contribution in [0, 0.1) is 5.41 Å². The van der Waals surface area contributed by atoms with Gasteiger partial charge in [0.25, 0.3) is 0 Å². The Balaban J connectivity index is 1.36. The minimum Gasteiger partial charge on any atom is -0.376 e. The van der Waals surface area contributed by atoms with Gasteiger partial charge < -0.3 is 18.9 Å². The molecule has 0 saturated carbocycles. The smallest absolute Gasteiger partial charge is 0.183 e. The van der Waals surface area contributed by atoms with Crippen LogP contribution in [-0.2, 0) is 32.2 Å². The molecule has 3 aromatic rings. The predicted molar refractivity (Wildman–Crippen MR) is 136 cm³/mol. The minimum atomic E-state index is -0.382. The summed E-state index contributed by atoms with van der Waals surface area (Å²) in [6.07, 6.45) is 3.30. The molecule has 0 amide bonds. The van der Waals surface area contributed by atoms with E-state index in [1.807, 2.05) is 66.7 Å². The predicted octanol–water partition coefficient (Wildman–Crippen LogP) is 6.44. The molecule has 0 unspecified atom stereocenters. The number of hydrogen-bond donors (Lipinski definition) is 0. The van der Waals surface area contributed by atoms with Gasteiger partial charge in [-0.2, -0.15) is 0 Å². The zero-order valence-electron chi connectivity index (χ0n) is 19.5. The Morgan fingerprint density at radius 1 is 0.706 bits per heavy atom. The van der Waals surface area contributed by atoms with Gasteiger partial charge in [0.15, 0.2) is 6.29 Å². The summed E-state index contributed by atoms with van der Waals surface area (Å²) in [5.41, 5.74) is 5.05. The Bertz CT molecular complexity index is 974. The molecule has 0 aliphatic carbocycles. The van der Waals surface area contributed by atoms with Gasteiger partial charge >= 0.3 is 0 Å². The van der Waals surface area contributed by atoms with E-state index in [-0.39, 0.29) is 11.7 Å². The first-order valence-electron chi connectivity index (χ1n) is 11.6. The highest BCUT2D eigenvalue weighted by atomic mass is 16.7. The lowest BCUT2D eigenvalue weighted by Gasteiger charge is -2.39. The van der Waals surface area contributed by atoms with Gasteiger partial charge in [-0.3, -0.25) is 0 Å². The van der Waals surface area contributed by atoms with Gasteiger partial charge in [-0.15, -0.1) is 0 Å². The summed E-state index contributed by atoms with van der Waals surface area (Å²) in [4.78, 5) is 0. The van der Waals surface area contributed by atoms with Crippen LogP contribution in [0.5, 0.6) is 0 Å². The number of rotatable bonds is 11. The summed E-state index contributed by atoms with van der Waals surface area (Å²) < 4.78 is 24.5. The van der Waals surface area contributed by atoms with Gasteiger partial charge in [-0.1, -0.05) is 104 Å². The lowest BCUT2D eigenvalue weighted by atomic mass is 9.91. The van der Waals surface area contributed by atoms with Crippen LogP contribution >= 0.6 is 0 Å². The third-order valence-corrected chi connectivity index (χ3v) is 5.94. The maximum absolute atomic E-state index is 6.14. The highest BCUT2D eigenvalue weighted by Gasteiger charge is 2.38. The van der Waals surface area contributed by atoms with E-state index in [1.165, 1.54) is 0 Å². The first-order valence-corrected chi connectivity index (χ1v) is 11.6. The molecule has 0 bridgehead atoms. The van der Waals surface area contributed by atoms with E-state index in [0.717, 1.165) is 27.8 Å². The maximum atomic E-state index is 6.14. The maximum Gasteiger partial charge on any atom is 0.183 e. The monoisotopic (exact) mass is 456 g/mol. The van der Waals surface area contributed by atoms with Crippen molar-refractivity contribution in [1.82, 2.24) is 0 Å². The molecule has 4 nitrogen and oxygen atoms in total. The summed E-state index contributed by atoms with van der Waals surface area (Å²) in [6, 6.07) is 26.4. The van der Waals surface area contributed by atoms with Gasteiger partial charge in [0.05, 0.1) is 45.1 Å². The Hall–Kier alpha value is -3.02. The van der Waals surface area contributed by atoms with Crippen molar-refractivity contribution in [2.45, 2.75) is 19.5 Å². The zero-order chi connectivity index (χ0) is 23.6. The quantitative estimate of drug-likeness (QED) is 0.333. The molecule has 176 valence electrons. The van der Waals surface area contributed by atoms with Crippen LogP contribution in [0.15, 0.2) is 92.0 Å².